The van der Waals surface area contributed by atoms with Gasteiger partial charge in [0.25, 0.3) is 0 Å². The molecule has 0 spiro atoms. The van der Waals surface area contributed by atoms with Crippen LogP contribution >= 0.6 is 0 Å². The molecule has 0 unspecified atom stereocenters. The Morgan fingerprint density at radius 3 is 2.96 bits per heavy atom. The van der Waals surface area contributed by atoms with E-state index < -0.39 is 10.0 Å². The molecule has 1 aliphatic rings. The number of fused-ring (bicyclic) bond motifs is 1. The van der Waals surface area contributed by atoms with Crippen LogP contribution in [0.4, 0.5) is 0 Å². The molecule has 4 heterocycles. The molecule has 0 saturated carbocycles. The van der Waals surface area contributed by atoms with Crippen molar-refractivity contribution in [3.63, 3.8) is 0 Å². The fourth-order valence-corrected chi connectivity index (χ4v) is 4.97. The van der Waals surface area contributed by atoms with Gasteiger partial charge in [-0.3, -0.25) is 0 Å². The van der Waals surface area contributed by atoms with Crippen LogP contribution in [0.25, 0.3) is 22.7 Å². The average molecular weight is 360 g/mol. The number of furan rings is 1. The summed E-state index contributed by atoms with van der Waals surface area (Å²) in [6.07, 6.45) is 4.70. The van der Waals surface area contributed by atoms with E-state index in [0.29, 0.717) is 31.1 Å². The minimum Gasteiger partial charge on any atom is -0.461 e. The van der Waals surface area contributed by atoms with Crippen LogP contribution in [0.15, 0.2) is 41.1 Å². The van der Waals surface area contributed by atoms with Gasteiger partial charge in [0.15, 0.2) is 17.2 Å². The third-order valence-corrected chi connectivity index (χ3v) is 6.58. The molecule has 4 rings (SSSR count). The zero-order valence-electron chi connectivity index (χ0n) is 14.0. The van der Waals surface area contributed by atoms with Crippen LogP contribution < -0.4 is 0 Å². The third kappa shape index (κ3) is 2.85. The van der Waals surface area contributed by atoms with Crippen LogP contribution in [0.1, 0.15) is 25.8 Å². The predicted octanol–water partition coefficient (Wildman–Crippen LogP) is 2.68. The molecule has 1 fully saturated rings. The molecule has 0 bridgehead atoms. The Morgan fingerprint density at radius 1 is 1.32 bits per heavy atom. The lowest BCUT2D eigenvalue weighted by Crippen LogP contribution is -2.31. The SMILES string of the molecule is CCCS(=O)(=O)N1CC[C@H](n2c(-c3ccco3)nc3cccnc32)C1. The highest BCUT2D eigenvalue weighted by molar-refractivity contribution is 7.89. The maximum Gasteiger partial charge on any atom is 0.214 e. The molecule has 0 radical (unpaired) electrons. The van der Waals surface area contributed by atoms with E-state index in [0.717, 1.165) is 17.6 Å². The van der Waals surface area contributed by atoms with E-state index in [-0.39, 0.29) is 11.8 Å². The number of rotatable bonds is 5. The Labute approximate surface area is 146 Å². The van der Waals surface area contributed by atoms with E-state index in [1.807, 2.05) is 35.8 Å². The first kappa shape index (κ1) is 16.3. The van der Waals surface area contributed by atoms with Gasteiger partial charge in [-0.2, -0.15) is 4.31 Å². The first-order valence-electron chi connectivity index (χ1n) is 8.45. The summed E-state index contributed by atoms with van der Waals surface area (Å²) in [4.78, 5) is 9.13. The Morgan fingerprint density at radius 2 is 2.20 bits per heavy atom. The van der Waals surface area contributed by atoms with Crippen molar-refractivity contribution >= 4 is 21.2 Å². The molecule has 0 N–H and O–H groups in total. The molecule has 3 aromatic rings. The Kier molecular flexibility index (Phi) is 4.09. The van der Waals surface area contributed by atoms with Crippen LogP contribution in [0.2, 0.25) is 0 Å². The molecule has 3 aromatic heterocycles. The second-order valence-corrected chi connectivity index (χ2v) is 8.33. The predicted molar refractivity (Wildman–Crippen MR) is 94.5 cm³/mol. The highest BCUT2D eigenvalue weighted by atomic mass is 32.2. The second kappa shape index (κ2) is 6.27. The number of nitrogens with zero attached hydrogens (tertiary/aromatic N) is 4. The van der Waals surface area contributed by atoms with Crippen molar-refractivity contribution in [3.8, 4) is 11.6 Å². The molecular weight excluding hydrogens is 340 g/mol. The first-order valence-corrected chi connectivity index (χ1v) is 10.1. The second-order valence-electron chi connectivity index (χ2n) is 6.25. The highest BCUT2D eigenvalue weighted by Crippen LogP contribution is 2.33. The lowest BCUT2D eigenvalue weighted by molar-refractivity contribution is 0.453. The van der Waals surface area contributed by atoms with Crippen molar-refractivity contribution in [2.24, 2.45) is 0 Å². The van der Waals surface area contributed by atoms with Crippen molar-refractivity contribution < 1.29 is 12.8 Å². The summed E-state index contributed by atoms with van der Waals surface area (Å²) in [6, 6.07) is 7.42. The fraction of sp³-hybridized carbons (Fsp3) is 0.412. The van der Waals surface area contributed by atoms with E-state index in [1.54, 1.807) is 16.8 Å². The molecular formula is C17H20N4O3S. The number of pyridine rings is 1. The molecule has 8 heteroatoms. The summed E-state index contributed by atoms with van der Waals surface area (Å²) < 4.78 is 33.9. The van der Waals surface area contributed by atoms with Gasteiger partial charge in [0.2, 0.25) is 10.0 Å². The van der Waals surface area contributed by atoms with Crippen LogP contribution in [0.5, 0.6) is 0 Å². The van der Waals surface area contributed by atoms with Gasteiger partial charge in [0, 0.05) is 19.3 Å². The van der Waals surface area contributed by atoms with Crippen molar-refractivity contribution in [1.82, 2.24) is 18.8 Å². The molecule has 0 aromatic carbocycles. The summed E-state index contributed by atoms with van der Waals surface area (Å²) in [5, 5.41) is 0. The zero-order valence-corrected chi connectivity index (χ0v) is 14.8. The van der Waals surface area contributed by atoms with Gasteiger partial charge in [-0.25, -0.2) is 18.4 Å². The molecule has 132 valence electrons. The number of hydrogen-bond acceptors (Lipinski definition) is 5. The molecule has 25 heavy (non-hydrogen) atoms. The molecule has 1 atom stereocenters. The summed E-state index contributed by atoms with van der Waals surface area (Å²) in [5.41, 5.74) is 1.54. The Balaban J connectivity index is 1.76. The fourth-order valence-electron chi connectivity index (χ4n) is 3.42. The number of sulfonamides is 1. The smallest absolute Gasteiger partial charge is 0.214 e. The van der Waals surface area contributed by atoms with Gasteiger partial charge >= 0.3 is 0 Å². The summed E-state index contributed by atoms with van der Waals surface area (Å²) in [7, 11) is -3.20. The summed E-state index contributed by atoms with van der Waals surface area (Å²) in [5.74, 6) is 1.54. The van der Waals surface area contributed by atoms with Gasteiger partial charge in [0.1, 0.15) is 5.52 Å². The monoisotopic (exact) mass is 360 g/mol. The largest absolute Gasteiger partial charge is 0.461 e. The van der Waals surface area contributed by atoms with E-state index in [9.17, 15) is 8.42 Å². The maximum absolute atomic E-state index is 12.4. The van der Waals surface area contributed by atoms with Crippen molar-refractivity contribution in [2.45, 2.75) is 25.8 Å². The highest BCUT2D eigenvalue weighted by Gasteiger charge is 2.34. The summed E-state index contributed by atoms with van der Waals surface area (Å²) in [6.45, 7) is 2.85. The number of aromatic nitrogens is 3. The first-order chi connectivity index (χ1) is 12.1. The average Bonchev–Trinajstić information content (AvgIpc) is 3.32. The van der Waals surface area contributed by atoms with Gasteiger partial charge in [-0.15, -0.1) is 0 Å². The van der Waals surface area contributed by atoms with Crippen LogP contribution in [0, 0.1) is 0 Å². The van der Waals surface area contributed by atoms with Gasteiger partial charge in [0.05, 0.1) is 18.1 Å². The van der Waals surface area contributed by atoms with E-state index in [4.69, 9.17) is 4.42 Å². The Hall–Kier alpha value is -2.19. The van der Waals surface area contributed by atoms with Crippen LogP contribution in [0.3, 0.4) is 0 Å². The normalized spacial score (nSPS) is 19.0. The van der Waals surface area contributed by atoms with E-state index >= 15 is 0 Å². The topological polar surface area (TPSA) is 81.2 Å². The van der Waals surface area contributed by atoms with Crippen molar-refractivity contribution in [2.75, 3.05) is 18.8 Å². The molecule has 1 saturated heterocycles. The minimum absolute atomic E-state index is 0.00775. The van der Waals surface area contributed by atoms with Crippen LogP contribution in [-0.4, -0.2) is 46.1 Å². The lowest BCUT2D eigenvalue weighted by atomic mass is 10.2. The third-order valence-electron chi connectivity index (χ3n) is 4.54. The molecule has 1 aliphatic heterocycles. The van der Waals surface area contributed by atoms with E-state index in [1.165, 1.54) is 0 Å². The Bertz CT molecular complexity index is 979. The minimum atomic E-state index is -3.20. The molecule has 0 amide bonds. The zero-order chi connectivity index (χ0) is 17.4. The van der Waals surface area contributed by atoms with E-state index in [2.05, 4.69) is 9.97 Å². The number of hydrogen-bond donors (Lipinski definition) is 0. The summed E-state index contributed by atoms with van der Waals surface area (Å²) >= 11 is 0. The van der Waals surface area contributed by atoms with Gasteiger partial charge < -0.3 is 8.98 Å². The standard InChI is InChI=1S/C17H20N4O3S/c1-2-11-25(22,23)20-9-7-13(12-20)21-16-14(5-3-8-18-16)19-17(21)15-6-4-10-24-15/h3-6,8,10,13H,2,7,9,11-12H2,1H3/t13-/m0/s1. The van der Waals surface area contributed by atoms with Crippen molar-refractivity contribution in [3.05, 3.63) is 36.7 Å². The van der Waals surface area contributed by atoms with Crippen LogP contribution in [-0.2, 0) is 10.0 Å². The molecule has 0 aliphatic carbocycles. The number of imidazole rings is 1. The lowest BCUT2D eigenvalue weighted by Gasteiger charge is -2.18. The quantitative estimate of drug-likeness (QED) is 0.699. The van der Waals surface area contributed by atoms with Gasteiger partial charge in [-0.05, 0) is 37.1 Å². The van der Waals surface area contributed by atoms with Crippen molar-refractivity contribution in [1.29, 1.82) is 0 Å². The maximum atomic E-state index is 12.4. The molecule has 7 nitrogen and oxygen atoms in total. The van der Waals surface area contributed by atoms with Gasteiger partial charge in [-0.1, -0.05) is 6.92 Å².